The third kappa shape index (κ3) is 2.75. The third-order valence-corrected chi connectivity index (χ3v) is 3.44. The molecule has 1 aromatic rings. The summed E-state index contributed by atoms with van der Waals surface area (Å²) in [6.45, 7) is 1.26. The molecule has 0 aromatic heterocycles. The lowest BCUT2D eigenvalue weighted by Crippen LogP contribution is -2.34. The highest BCUT2D eigenvalue weighted by molar-refractivity contribution is 5.47. The Labute approximate surface area is 100 Å². The van der Waals surface area contributed by atoms with Crippen LogP contribution < -0.4 is 10.6 Å². The molecule has 0 aliphatic carbocycles. The Balaban J connectivity index is 2.12. The smallest absolute Gasteiger partial charge is 0.146 e. The van der Waals surface area contributed by atoms with Crippen LogP contribution in [0.3, 0.4) is 0 Å². The average Bonchev–Trinajstić information content (AvgIpc) is 2.53. The van der Waals surface area contributed by atoms with Gasteiger partial charge in [-0.3, -0.25) is 0 Å². The van der Waals surface area contributed by atoms with E-state index in [1.54, 1.807) is 18.2 Å². The summed E-state index contributed by atoms with van der Waals surface area (Å²) in [5.74, 6) is -0.244. The molecule has 0 radical (unpaired) electrons. The summed E-state index contributed by atoms with van der Waals surface area (Å²) in [6, 6.07) is 6.64. The van der Waals surface area contributed by atoms with Gasteiger partial charge in [-0.2, -0.15) is 0 Å². The monoisotopic (exact) mass is 240 g/mol. The summed E-state index contributed by atoms with van der Waals surface area (Å²) in [7, 11) is 0. The second kappa shape index (κ2) is 5.00. The number of hydrogen-bond donors (Lipinski definition) is 1. The largest absolute Gasteiger partial charge is 0.369 e. The molecule has 2 N–H and O–H groups in total. The molecule has 1 heterocycles. The number of rotatable bonds is 2. The van der Waals surface area contributed by atoms with Crippen molar-refractivity contribution >= 4 is 5.69 Å². The lowest BCUT2D eigenvalue weighted by atomic mass is 9.97. The third-order valence-electron chi connectivity index (χ3n) is 3.44. The molecular formula is C13H18F2N2. The van der Waals surface area contributed by atoms with E-state index >= 15 is 0 Å². The number of nitrogens with zero attached hydrogens (tertiary/aromatic N) is 1. The van der Waals surface area contributed by atoms with Gasteiger partial charge in [0.15, 0.2) is 0 Å². The van der Waals surface area contributed by atoms with Crippen LogP contribution in [0.15, 0.2) is 24.3 Å². The van der Waals surface area contributed by atoms with Crippen LogP contribution in [0.25, 0.3) is 0 Å². The molecular weight excluding hydrogens is 222 g/mol. The van der Waals surface area contributed by atoms with Gasteiger partial charge in [-0.15, -0.1) is 0 Å². The summed E-state index contributed by atoms with van der Waals surface area (Å²) in [5.41, 5.74) is 4.74. The normalized spacial score (nSPS) is 25.7. The van der Waals surface area contributed by atoms with Gasteiger partial charge in [-0.25, -0.2) is 8.78 Å². The Hall–Kier alpha value is -1.16. The maximum Gasteiger partial charge on any atom is 0.146 e. The van der Waals surface area contributed by atoms with Crippen LogP contribution in [0, 0.1) is 5.82 Å². The van der Waals surface area contributed by atoms with Gasteiger partial charge in [0.1, 0.15) is 11.5 Å². The zero-order valence-corrected chi connectivity index (χ0v) is 9.83. The molecule has 0 bridgehead atoms. The molecule has 17 heavy (non-hydrogen) atoms. The minimum atomic E-state index is -1.28. The Bertz CT molecular complexity index is 383. The average molecular weight is 240 g/mol. The summed E-state index contributed by atoms with van der Waals surface area (Å²) < 4.78 is 27.7. The minimum Gasteiger partial charge on any atom is -0.369 e. The van der Waals surface area contributed by atoms with Gasteiger partial charge >= 0.3 is 0 Å². The molecule has 1 saturated heterocycles. The lowest BCUT2D eigenvalue weighted by molar-refractivity contribution is 0.155. The van der Waals surface area contributed by atoms with E-state index in [0.29, 0.717) is 38.0 Å². The first-order chi connectivity index (χ1) is 8.14. The van der Waals surface area contributed by atoms with Crippen LogP contribution in [-0.4, -0.2) is 25.3 Å². The molecule has 1 atom stereocenters. The van der Waals surface area contributed by atoms with Gasteiger partial charge in [-0.1, -0.05) is 12.1 Å². The van der Waals surface area contributed by atoms with Gasteiger partial charge in [0.2, 0.25) is 0 Å². The second-order valence-corrected chi connectivity index (χ2v) is 4.65. The summed E-state index contributed by atoms with van der Waals surface area (Å²) in [4.78, 5) is 1.91. The van der Waals surface area contributed by atoms with E-state index in [1.807, 2.05) is 4.90 Å². The van der Waals surface area contributed by atoms with E-state index in [2.05, 4.69) is 0 Å². The Morgan fingerprint density at radius 2 is 2.00 bits per heavy atom. The summed E-state index contributed by atoms with van der Waals surface area (Å²) >= 11 is 0. The Morgan fingerprint density at radius 1 is 1.24 bits per heavy atom. The Kier molecular flexibility index (Phi) is 3.62. The first kappa shape index (κ1) is 12.3. The first-order valence-electron chi connectivity index (χ1n) is 6.03. The van der Waals surface area contributed by atoms with E-state index < -0.39 is 5.67 Å². The maximum absolute atomic E-state index is 14.1. The van der Waals surface area contributed by atoms with Crippen LogP contribution in [0.4, 0.5) is 14.5 Å². The highest BCUT2D eigenvalue weighted by Crippen LogP contribution is 2.29. The molecule has 1 aliphatic rings. The van der Waals surface area contributed by atoms with Crippen molar-refractivity contribution in [3.05, 3.63) is 30.1 Å². The van der Waals surface area contributed by atoms with Crippen molar-refractivity contribution in [1.82, 2.24) is 0 Å². The minimum absolute atomic E-state index is 0.0537. The Morgan fingerprint density at radius 3 is 2.71 bits per heavy atom. The van der Waals surface area contributed by atoms with Crippen LogP contribution in [0.1, 0.15) is 19.3 Å². The van der Waals surface area contributed by atoms with Crippen molar-refractivity contribution in [2.24, 2.45) is 5.73 Å². The molecule has 0 saturated carbocycles. The van der Waals surface area contributed by atoms with E-state index in [4.69, 9.17) is 5.73 Å². The van der Waals surface area contributed by atoms with Crippen molar-refractivity contribution in [2.45, 2.75) is 24.9 Å². The highest BCUT2D eigenvalue weighted by atomic mass is 19.1. The van der Waals surface area contributed by atoms with Gasteiger partial charge in [0.25, 0.3) is 0 Å². The second-order valence-electron chi connectivity index (χ2n) is 4.65. The summed E-state index contributed by atoms with van der Waals surface area (Å²) in [5, 5.41) is 0. The topological polar surface area (TPSA) is 29.3 Å². The number of nitrogens with two attached hydrogens (primary N) is 1. The SMILES string of the molecule is NCC1(F)CCCN(c2ccccc2F)CC1. The van der Waals surface area contributed by atoms with Crippen LogP contribution >= 0.6 is 0 Å². The summed E-state index contributed by atoms with van der Waals surface area (Å²) in [6.07, 6.45) is 1.55. The van der Waals surface area contributed by atoms with Crippen LogP contribution in [0.5, 0.6) is 0 Å². The molecule has 2 rings (SSSR count). The molecule has 0 spiro atoms. The number of para-hydroxylation sites is 1. The number of anilines is 1. The number of hydrogen-bond acceptors (Lipinski definition) is 2. The molecule has 4 heteroatoms. The molecule has 1 fully saturated rings. The fourth-order valence-corrected chi connectivity index (χ4v) is 2.31. The van der Waals surface area contributed by atoms with Gasteiger partial charge < -0.3 is 10.6 Å². The predicted octanol–water partition coefficient (Wildman–Crippen LogP) is 2.48. The van der Waals surface area contributed by atoms with Gasteiger partial charge in [-0.05, 0) is 25.0 Å². The van der Waals surface area contributed by atoms with E-state index in [0.717, 1.165) is 0 Å². The predicted molar refractivity (Wildman–Crippen MR) is 65.4 cm³/mol. The first-order valence-corrected chi connectivity index (χ1v) is 6.03. The van der Waals surface area contributed by atoms with E-state index in [9.17, 15) is 8.78 Å². The standard InChI is InChI=1S/C13H18F2N2/c14-11-4-1-2-5-12(11)17-8-3-6-13(15,10-16)7-9-17/h1-2,4-5H,3,6-10,16H2. The molecule has 1 aromatic carbocycles. The number of benzene rings is 1. The fourth-order valence-electron chi connectivity index (χ4n) is 2.31. The molecule has 2 nitrogen and oxygen atoms in total. The molecule has 1 unspecified atom stereocenters. The van der Waals surface area contributed by atoms with Crippen molar-refractivity contribution in [3.63, 3.8) is 0 Å². The highest BCUT2D eigenvalue weighted by Gasteiger charge is 2.31. The zero-order valence-electron chi connectivity index (χ0n) is 9.83. The number of halogens is 2. The van der Waals surface area contributed by atoms with Crippen molar-refractivity contribution in [2.75, 3.05) is 24.5 Å². The van der Waals surface area contributed by atoms with Crippen molar-refractivity contribution < 1.29 is 8.78 Å². The zero-order chi connectivity index (χ0) is 12.3. The van der Waals surface area contributed by atoms with Crippen molar-refractivity contribution in [1.29, 1.82) is 0 Å². The number of alkyl halides is 1. The van der Waals surface area contributed by atoms with Gasteiger partial charge in [0.05, 0.1) is 5.69 Å². The van der Waals surface area contributed by atoms with E-state index in [-0.39, 0.29) is 12.4 Å². The molecule has 1 aliphatic heterocycles. The molecule has 94 valence electrons. The lowest BCUT2D eigenvalue weighted by Gasteiger charge is -2.24. The van der Waals surface area contributed by atoms with E-state index in [1.165, 1.54) is 6.07 Å². The van der Waals surface area contributed by atoms with Crippen molar-refractivity contribution in [3.8, 4) is 0 Å². The quantitative estimate of drug-likeness (QED) is 0.860. The van der Waals surface area contributed by atoms with Crippen LogP contribution in [0.2, 0.25) is 0 Å². The fraction of sp³-hybridized carbons (Fsp3) is 0.538. The van der Waals surface area contributed by atoms with Gasteiger partial charge in [0, 0.05) is 26.1 Å². The molecule has 0 amide bonds. The maximum atomic E-state index is 14.1. The van der Waals surface area contributed by atoms with Crippen LogP contribution in [-0.2, 0) is 0 Å².